The molecule has 1 heterocycles. The van der Waals surface area contributed by atoms with E-state index in [0.29, 0.717) is 10.8 Å². The van der Waals surface area contributed by atoms with Gasteiger partial charge in [0, 0.05) is 11.4 Å². The van der Waals surface area contributed by atoms with Crippen LogP contribution >= 0.6 is 11.3 Å². The Balaban J connectivity index is 1.87. The van der Waals surface area contributed by atoms with E-state index in [-0.39, 0.29) is 24.3 Å². The Morgan fingerprint density at radius 2 is 2.53 bits per heavy atom. The number of hydrogen-bond donors (Lipinski definition) is 2. The van der Waals surface area contributed by atoms with Gasteiger partial charge in [0.25, 0.3) is 0 Å². The molecule has 0 radical (unpaired) electrons. The van der Waals surface area contributed by atoms with E-state index in [1.54, 1.807) is 5.38 Å². The fourth-order valence-electron chi connectivity index (χ4n) is 2.11. The molecule has 2 unspecified atom stereocenters. The molecule has 1 aliphatic rings. The quantitative estimate of drug-likeness (QED) is 0.839. The Morgan fingerprint density at radius 3 is 3.18 bits per heavy atom. The van der Waals surface area contributed by atoms with Crippen LogP contribution in [0.15, 0.2) is 5.38 Å². The van der Waals surface area contributed by atoms with Gasteiger partial charge in [-0.1, -0.05) is 0 Å². The van der Waals surface area contributed by atoms with E-state index in [1.165, 1.54) is 11.3 Å². The summed E-state index contributed by atoms with van der Waals surface area (Å²) in [6, 6.07) is 2.24. The predicted molar refractivity (Wildman–Crippen MR) is 65.1 cm³/mol. The Morgan fingerprint density at radius 1 is 1.71 bits per heavy atom. The molecule has 1 amide bonds. The molecule has 5 nitrogen and oxygen atoms in total. The maximum absolute atomic E-state index is 11.7. The van der Waals surface area contributed by atoms with Crippen LogP contribution < -0.4 is 11.1 Å². The van der Waals surface area contributed by atoms with E-state index >= 15 is 0 Å². The lowest BCUT2D eigenvalue weighted by Crippen LogP contribution is -2.37. The van der Waals surface area contributed by atoms with Gasteiger partial charge in [-0.25, -0.2) is 4.98 Å². The predicted octanol–water partition coefficient (Wildman–Crippen LogP) is 1.08. The highest BCUT2D eigenvalue weighted by Gasteiger charge is 2.28. The van der Waals surface area contributed by atoms with Gasteiger partial charge in [-0.15, -0.1) is 11.3 Å². The number of nitrogens with zero attached hydrogens (tertiary/aromatic N) is 2. The van der Waals surface area contributed by atoms with Crippen molar-refractivity contribution < 1.29 is 4.79 Å². The lowest BCUT2D eigenvalue weighted by atomic mass is 10.1. The van der Waals surface area contributed by atoms with Crippen molar-refractivity contribution in [3.05, 3.63) is 11.1 Å². The molecule has 90 valence electrons. The second-order valence-corrected chi connectivity index (χ2v) is 5.08. The minimum atomic E-state index is -0.0811. The molecule has 0 aromatic carbocycles. The molecule has 1 aromatic rings. The fourth-order valence-corrected chi connectivity index (χ4v) is 2.68. The molecule has 1 aromatic heterocycles. The van der Waals surface area contributed by atoms with Crippen LogP contribution in [0.25, 0.3) is 0 Å². The summed E-state index contributed by atoms with van der Waals surface area (Å²) in [5.41, 5.74) is 6.19. The second kappa shape index (κ2) is 5.15. The SMILES string of the molecule is N#CC1CCCC1NC(=O)Cc1csc(N)n1. The summed E-state index contributed by atoms with van der Waals surface area (Å²) in [6.45, 7) is 0. The van der Waals surface area contributed by atoms with Crippen LogP contribution in [0.3, 0.4) is 0 Å². The van der Waals surface area contributed by atoms with Crippen molar-refractivity contribution in [1.29, 1.82) is 5.26 Å². The molecule has 3 N–H and O–H groups in total. The molecule has 1 aliphatic carbocycles. The summed E-state index contributed by atoms with van der Waals surface area (Å²) < 4.78 is 0. The van der Waals surface area contributed by atoms with Crippen LogP contribution in [0.5, 0.6) is 0 Å². The average molecular weight is 250 g/mol. The number of amides is 1. The zero-order chi connectivity index (χ0) is 12.3. The number of rotatable bonds is 3. The summed E-state index contributed by atoms with van der Waals surface area (Å²) >= 11 is 1.33. The normalized spacial score (nSPS) is 23.2. The van der Waals surface area contributed by atoms with Crippen LogP contribution in [0.1, 0.15) is 25.0 Å². The monoisotopic (exact) mass is 250 g/mol. The van der Waals surface area contributed by atoms with E-state index in [1.807, 2.05) is 0 Å². The van der Waals surface area contributed by atoms with Gasteiger partial charge in [0.2, 0.25) is 5.91 Å². The maximum atomic E-state index is 11.7. The molecular weight excluding hydrogens is 236 g/mol. The van der Waals surface area contributed by atoms with Gasteiger partial charge in [0.15, 0.2) is 5.13 Å². The molecular formula is C11H14N4OS. The molecule has 17 heavy (non-hydrogen) atoms. The number of aromatic nitrogens is 1. The highest BCUT2D eigenvalue weighted by Crippen LogP contribution is 2.24. The van der Waals surface area contributed by atoms with E-state index in [2.05, 4.69) is 16.4 Å². The van der Waals surface area contributed by atoms with Crippen LogP contribution in [0.2, 0.25) is 0 Å². The van der Waals surface area contributed by atoms with Crippen molar-refractivity contribution in [3.63, 3.8) is 0 Å². The molecule has 1 fully saturated rings. The first-order valence-corrected chi connectivity index (χ1v) is 6.46. The number of nitrogens with two attached hydrogens (primary N) is 1. The largest absolute Gasteiger partial charge is 0.375 e. The third kappa shape index (κ3) is 2.94. The minimum absolute atomic E-state index is 0.00322. The lowest BCUT2D eigenvalue weighted by Gasteiger charge is -2.14. The van der Waals surface area contributed by atoms with Gasteiger partial charge in [0.1, 0.15) is 0 Å². The molecule has 1 saturated carbocycles. The first-order chi connectivity index (χ1) is 8.19. The first-order valence-electron chi connectivity index (χ1n) is 5.58. The molecule has 0 saturated heterocycles. The summed E-state index contributed by atoms with van der Waals surface area (Å²) in [6.07, 6.45) is 3.02. The van der Waals surface area contributed by atoms with E-state index < -0.39 is 0 Å². The minimum Gasteiger partial charge on any atom is -0.375 e. The van der Waals surface area contributed by atoms with Gasteiger partial charge >= 0.3 is 0 Å². The number of carbonyl (C=O) groups is 1. The van der Waals surface area contributed by atoms with Gasteiger partial charge < -0.3 is 11.1 Å². The first kappa shape index (κ1) is 11.9. The van der Waals surface area contributed by atoms with Gasteiger partial charge in [-0.05, 0) is 19.3 Å². The Kier molecular flexibility index (Phi) is 3.59. The highest BCUT2D eigenvalue weighted by molar-refractivity contribution is 7.13. The molecule has 2 rings (SSSR count). The van der Waals surface area contributed by atoms with Gasteiger partial charge in [-0.3, -0.25) is 4.79 Å². The molecule has 6 heteroatoms. The summed E-state index contributed by atoms with van der Waals surface area (Å²) in [4.78, 5) is 15.8. The number of nitrogen functional groups attached to an aromatic ring is 1. The number of nitriles is 1. The van der Waals surface area contributed by atoms with Crippen LogP contribution in [0.4, 0.5) is 5.13 Å². The maximum Gasteiger partial charge on any atom is 0.226 e. The molecule has 0 spiro atoms. The van der Waals surface area contributed by atoms with Gasteiger partial charge in [0.05, 0.1) is 24.1 Å². The Labute approximate surface area is 104 Å². The Bertz CT molecular complexity index is 451. The summed E-state index contributed by atoms with van der Waals surface area (Å²) in [5.74, 6) is -0.123. The molecule has 0 bridgehead atoms. The van der Waals surface area contributed by atoms with Crippen molar-refractivity contribution in [1.82, 2.24) is 10.3 Å². The number of thiazole rings is 1. The van der Waals surface area contributed by atoms with Crippen molar-refractivity contribution in [3.8, 4) is 6.07 Å². The third-order valence-electron chi connectivity index (χ3n) is 2.94. The standard InChI is InChI=1S/C11H14N4OS/c12-5-7-2-1-3-9(7)15-10(16)4-8-6-17-11(13)14-8/h6-7,9H,1-4H2,(H2,13,14)(H,15,16). The average Bonchev–Trinajstić information content (AvgIpc) is 2.87. The summed E-state index contributed by atoms with van der Waals surface area (Å²) in [5, 5.41) is 14.1. The smallest absolute Gasteiger partial charge is 0.226 e. The van der Waals surface area contributed by atoms with Crippen LogP contribution in [-0.2, 0) is 11.2 Å². The third-order valence-corrected chi connectivity index (χ3v) is 3.66. The van der Waals surface area contributed by atoms with Crippen molar-refractivity contribution >= 4 is 22.4 Å². The highest BCUT2D eigenvalue weighted by atomic mass is 32.1. The van der Waals surface area contributed by atoms with Crippen LogP contribution in [0, 0.1) is 17.2 Å². The van der Waals surface area contributed by atoms with E-state index in [4.69, 9.17) is 11.0 Å². The van der Waals surface area contributed by atoms with E-state index in [0.717, 1.165) is 19.3 Å². The van der Waals surface area contributed by atoms with Gasteiger partial charge in [-0.2, -0.15) is 5.26 Å². The zero-order valence-electron chi connectivity index (χ0n) is 9.35. The van der Waals surface area contributed by atoms with Crippen molar-refractivity contribution in [2.75, 3.05) is 5.73 Å². The Hall–Kier alpha value is -1.61. The topological polar surface area (TPSA) is 91.8 Å². The number of hydrogen-bond acceptors (Lipinski definition) is 5. The molecule has 2 atom stereocenters. The molecule has 0 aliphatic heterocycles. The number of anilines is 1. The lowest BCUT2D eigenvalue weighted by molar-refractivity contribution is -0.121. The van der Waals surface area contributed by atoms with E-state index in [9.17, 15) is 4.79 Å². The summed E-state index contributed by atoms with van der Waals surface area (Å²) in [7, 11) is 0. The second-order valence-electron chi connectivity index (χ2n) is 4.19. The van der Waals surface area contributed by atoms with Crippen LogP contribution in [-0.4, -0.2) is 16.9 Å². The number of carbonyl (C=O) groups excluding carboxylic acids is 1. The number of nitrogens with one attached hydrogen (secondary N) is 1. The van der Waals surface area contributed by atoms with Crippen molar-refractivity contribution in [2.45, 2.75) is 31.7 Å². The zero-order valence-corrected chi connectivity index (χ0v) is 10.2. The fraction of sp³-hybridized carbons (Fsp3) is 0.545. The van der Waals surface area contributed by atoms with Crippen molar-refractivity contribution in [2.24, 2.45) is 5.92 Å².